The van der Waals surface area contributed by atoms with E-state index in [-0.39, 0.29) is 24.0 Å². The quantitative estimate of drug-likeness (QED) is 0.407. The van der Waals surface area contributed by atoms with Crippen LogP contribution in [0.5, 0.6) is 0 Å². The largest absolute Gasteiger partial charge is 0.377 e. The Morgan fingerprint density at radius 1 is 1.36 bits per heavy atom. The van der Waals surface area contributed by atoms with Crippen LogP contribution in [0.3, 0.4) is 0 Å². The molecule has 2 aliphatic carbocycles. The van der Waals surface area contributed by atoms with E-state index in [1.165, 1.54) is 25.7 Å². The van der Waals surface area contributed by atoms with Crippen LogP contribution in [0, 0.1) is 17.3 Å². The molecule has 3 rings (SSSR count). The van der Waals surface area contributed by atoms with Crippen LogP contribution >= 0.6 is 24.0 Å². The van der Waals surface area contributed by atoms with E-state index < -0.39 is 0 Å². The standard InChI is InChI=1S/C17H31N3O.HI/c1-4-18-16(19-10-6-12(2)3)20-14-13-7-11-21-15(13)17(14)8-5-9-17;/h12-15H,4-11H2,1-3H3,(H2,18,19,20);1H. The van der Waals surface area contributed by atoms with E-state index >= 15 is 0 Å². The fourth-order valence-electron chi connectivity index (χ4n) is 4.36. The first kappa shape index (κ1) is 18.3. The van der Waals surface area contributed by atoms with Gasteiger partial charge in [0, 0.05) is 37.1 Å². The molecule has 1 heterocycles. The summed E-state index contributed by atoms with van der Waals surface area (Å²) in [5.41, 5.74) is 0.426. The summed E-state index contributed by atoms with van der Waals surface area (Å²) in [6.45, 7) is 9.45. The number of aliphatic imine (C=N–C) groups is 1. The summed E-state index contributed by atoms with van der Waals surface area (Å²) in [4.78, 5) is 4.77. The van der Waals surface area contributed by atoms with Gasteiger partial charge >= 0.3 is 0 Å². The van der Waals surface area contributed by atoms with E-state index in [2.05, 4.69) is 31.4 Å². The lowest BCUT2D eigenvalue weighted by Crippen LogP contribution is -2.72. The van der Waals surface area contributed by atoms with Crippen molar-refractivity contribution in [3.8, 4) is 0 Å². The van der Waals surface area contributed by atoms with Gasteiger partial charge in [-0.05, 0) is 38.5 Å². The van der Waals surface area contributed by atoms with Crippen molar-refractivity contribution in [3.05, 3.63) is 0 Å². The summed E-state index contributed by atoms with van der Waals surface area (Å²) >= 11 is 0. The number of fused-ring (bicyclic) bond motifs is 2. The zero-order valence-corrected chi connectivity index (χ0v) is 16.6. The minimum Gasteiger partial charge on any atom is -0.377 e. The van der Waals surface area contributed by atoms with E-state index in [4.69, 9.17) is 9.73 Å². The average molecular weight is 421 g/mol. The Hall–Kier alpha value is -0.0400. The third-order valence-corrected chi connectivity index (χ3v) is 5.65. The highest BCUT2D eigenvalue weighted by Gasteiger charge is 2.66. The number of nitrogens with one attached hydrogen (secondary N) is 2. The summed E-state index contributed by atoms with van der Waals surface area (Å²) in [5, 5.41) is 7.17. The Bertz CT molecular complexity index is 395. The zero-order valence-electron chi connectivity index (χ0n) is 14.2. The number of halogens is 1. The Kier molecular flexibility index (Phi) is 6.39. The van der Waals surface area contributed by atoms with Gasteiger partial charge in [-0.3, -0.25) is 4.99 Å². The number of hydrogen-bond acceptors (Lipinski definition) is 2. The first-order valence-electron chi connectivity index (χ1n) is 8.84. The molecule has 0 amide bonds. The highest BCUT2D eigenvalue weighted by atomic mass is 127. The number of nitrogens with zero attached hydrogens (tertiary/aromatic N) is 1. The molecule has 0 aromatic heterocycles. The van der Waals surface area contributed by atoms with Crippen molar-refractivity contribution in [2.24, 2.45) is 22.2 Å². The molecule has 2 N–H and O–H groups in total. The monoisotopic (exact) mass is 421 g/mol. The molecular weight excluding hydrogens is 389 g/mol. The van der Waals surface area contributed by atoms with Gasteiger partial charge in [-0.25, -0.2) is 0 Å². The van der Waals surface area contributed by atoms with Gasteiger partial charge < -0.3 is 15.4 Å². The molecule has 3 aliphatic rings. The van der Waals surface area contributed by atoms with Crippen molar-refractivity contribution in [1.82, 2.24) is 10.6 Å². The molecule has 22 heavy (non-hydrogen) atoms. The number of guanidine groups is 1. The van der Waals surface area contributed by atoms with Gasteiger partial charge in [-0.1, -0.05) is 20.3 Å². The Balaban J connectivity index is 0.00000176. The van der Waals surface area contributed by atoms with Crippen LogP contribution in [0.4, 0.5) is 0 Å². The van der Waals surface area contributed by atoms with Crippen LogP contribution in [-0.2, 0) is 4.74 Å². The maximum atomic E-state index is 5.99. The highest BCUT2D eigenvalue weighted by molar-refractivity contribution is 14.0. The Morgan fingerprint density at radius 2 is 2.14 bits per heavy atom. The van der Waals surface area contributed by atoms with Gasteiger partial charge in [0.2, 0.25) is 0 Å². The van der Waals surface area contributed by atoms with Crippen LogP contribution < -0.4 is 10.6 Å². The van der Waals surface area contributed by atoms with Gasteiger partial charge in [-0.15, -0.1) is 24.0 Å². The van der Waals surface area contributed by atoms with E-state index in [0.717, 1.165) is 32.1 Å². The lowest BCUT2D eigenvalue weighted by atomic mass is 9.46. The van der Waals surface area contributed by atoms with Crippen molar-refractivity contribution in [2.45, 2.75) is 65.0 Å². The smallest absolute Gasteiger partial charge is 0.191 e. The van der Waals surface area contributed by atoms with E-state index in [0.29, 0.717) is 29.4 Å². The molecule has 3 unspecified atom stereocenters. The topological polar surface area (TPSA) is 45.7 Å². The van der Waals surface area contributed by atoms with E-state index in [9.17, 15) is 0 Å². The molecule has 2 saturated carbocycles. The first-order valence-corrected chi connectivity index (χ1v) is 8.84. The highest BCUT2D eigenvalue weighted by Crippen LogP contribution is 2.62. The molecule has 5 heteroatoms. The lowest BCUT2D eigenvalue weighted by Gasteiger charge is -2.63. The predicted octanol–water partition coefficient (Wildman–Crippen LogP) is 3.16. The van der Waals surface area contributed by atoms with Crippen molar-refractivity contribution < 1.29 is 4.74 Å². The molecule has 1 saturated heterocycles. The third kappa shape index (κ3) is 3.25. The molecule has 3 atom stereocenters. The van der Waals surface area contributed by atoms with Crippen molar-refractivity contribution >= 4 is 29.9 Å². The second kappa shape index (κ2) is 7.69. The molecule has 3 fully saturated rings. The molecule has 0 radical (unpaired) electrons. The van der Waals surface area contributed by atoms with Crippen LogP contribution in [0.25, 0.3) is 0 Å². The van der Waals surface area contributed by atoms with Gasteiger partial charge in [-0.2, -0.15) is 0 Å². The molecule has 128 valence electrons. The molecule has 0 bridgehead atoms. The van der Waals surface area contributed by atoms with Crippen molar-refractivity contribution in [2.75, 3.05) is 19.7 Å². The van der Waals surface area contributed by atoms with Gasteiger partial charge in [0.15, 0.2) is 5.96 Å². The van der Waals surface area contributed by atoms with Gasteiger partial charge in [0.1, 0.15) is 0 Å². The SMILES string of the molecule is CCNC(=NCCC(C)C)NC1C2CCOC2C12CCC2.I. The maximum Gasteiger partial charge on any atom is 0.191 e. The Morgan fingerprint density at radius 3 is 2.73 bits per heavy atom. The lowest BCUT2D eigenvalue weighted by molar-refractivity contribution is -0.171. The second-order valence-electron chi connectivity index (χ2n) is 7.40. The molecule has 0 aromatic carbocycles. The summed E-state index contributed by atoms with van der Waals surface area (Å²) in [5.74, 6) is 2.44. The number of rotatable bonds is 5. The van der Waals surface area contributed by atoms with Gasteiger partial charge in [0.25, 0.3) is 0 Å². The fourth-order valence-corrected chi connectivity index (χ4v) is 4.36. The zero-order chi connectivity index (χ0) is 14.9. The van der Waals surface area contributed by atoms with Crippen LogP contribution in [0.15, 0.2) is 4.99 Å². The molecule has 0 aromatic rings. The van der Waals surface area contributed by atoms with Gasteiger partial charge in [0.05, 0.1) is 6.10 Å². The Labute approximate surface area is 152 Å². The van der Waals surface area contributed by atoms with Crippen LogP contribution in [0.1, 0.15) is 52.9 Å². The summed E-state index contributed by atoms with van der Waals surface area (Å²) in [7, 11) is 0. The molecule has 1 aliphatic heterocycles. The van der Waals surface area contributed by atoms with Crippen LogP contribution in [-0.4, -0.2) is 37.8 Å². The normalized spacial score (nSPS) is 32.0. The second-order valence-corrected chi connectivity index (χ2v) is 7.40. The maximum absolute atomic E-state index is 5.99. The summed E-state index contributed by atoms with van der Waals surface area (Å²) in [6, 6.07) is 0.579. The first-order chi connectivity index (χ1) is 10.2. The molecule has 1 spiro atoms. The molecular formula is C17H32IN3O. The minimum atomic E-state index is 0. The average Bonchev–Trinajstić information content (AvgIpc) is 2.78. The van der Waals surface area contributed by atoms with Crippen molar-refractivity contribution in [3.63, 3.8) is 0 Å². The van der Waals surface area contributed by atoms with E-state index in [1.807, 2.05) is 0 Å². The predicted molar refractivity (Wildman–Crippen MR) is 102 cm³/mol. The third-order valence-electron chi connectivity index (χ3n) is 5.65. The molecule has 4 nitrogen and oxygen atoms in total. The summed E-state index contributed by atoms with van der Waals surface area (Å²) in [6.07, 6.45) is 6.93. The number of ether oxygens (including phenoxy) is 1. The van der Waals surface area contributed by atoms with Crippen molar-refractivity contribution in [1.29, 1.82) is 0 Å². The fraction of sp³-hybridized carbons (Fsp3) is 0.941. The minimum absolute atomic E-state index is 0. The number of hydrogen-bond donors (Lipinski definition) is 2. The van der Waals surface area contributed by atoms with Crippen LogP contribution in [0.2, 0.25) is 0 Å². The summed E-state index contributed by atoms with van der Waals surface area (Å²) < 4.78 is 5.99. The van der Waals surface area contributed by atoms with E-state index in [1.54, 1.807) is 0 Å².